The number of hydrogen-bond donors (Lipinski definition) is 8. The molecule has 1 aromatic rings. The first-order valence-corrected chi connectivity index (χ1v) is 10.4. The smallest absolute Gasteiger partial charge is 0.326 e. The summed E-state index contributed by atoms with van der Waals surface area (Å²) in [6.45, 7) is 2.49. The monoisotopic (exact) mass is 481 g/mol. The van der Waals surface area contributed by atoms with E-state index < -0.39 is 72.4 Å². The van der Waals surface area contributed by atoms with Crippen LogP contribution >= 0.6 is 0 Å². The number of nitrogens with one attached hydrogen (secondary N) is 3. The third kappa shape index (κ3) is 9.13. The highest BCUT2D eigenvalue weighted by Gasteiger charge is 2.33. The minimum atomic E-state index is -1.63. The number of rotatable bonds is 13. The second kappa shape index (κ2) is 13.2. The summed E-state index contributed by atoms with van der Waals surface area (Å²) in [5.41, 5.74) is 11.2. The third-order valence-corrected chi connectivity index (χ3v) is 4.82. The molecule has 0 aromatic heterocycles. The van der Waals surface area contributed by atoms with Gasteiger partial charge in [-0.25, -0.2) is 4.79 Å². The van der Waals surface area contributed by atoms with E-state index in [9.17, 15) is 39.3 Å². The van der Waals surface area contributed by atoms with Crippen molar-refractivity contribution >= 4 is 29.6 Å². The Bertz CT molecular complexity index is 877. The van der Waals surface area contributed by atoms with E-state index >= 15 is 0 Å². The number of benzene rings is 1. The molecule has 0 saturated heterocycles. The second-order valence-electron chi connectivity index (χ2n) is 7.81. The summed E-state index contributed by atoms with van der Waals surface area (Å²) in [5.74, 6) is -5.26. The van der Waals surface area contributed by atoms with Crippen molar-refractivity contribution in [3.8, 4) is 0 Å². The molecule has 0 aliphatic heterocycles. The fourth-order valence-electron chi connectivity index (χ4n) is 2.87. The minimum absolute atomic E-state index is 0.0744. The molecule has 6 unspecified atom stereocenters. The molecule has 0 saturated carbocycles. The molecule has 1 aromatic carbocycles. The number of aliphatic carboxylic acids is 1. The highest BCUT2D eigenvalue weighted by molar-refractivity contribution is 5.95. The van der Waals surface area contributed by atoms with Crippen LogP contribution in [0.25, 0.3) is 0 Å². The SMILES string of the molecule is CC(O)C(N)C(=O)NC(C(=O)NC(Cc1ccccc1)C(=O)NC(CC(N)=O)C(=O)O)C(C)O. The van der Waals surface area contributed by atoms with Crippen molar-refractivity contribution in [1.29, 1.82) is 0 Å². The number of carboxylic acids is 1. The Labute approximate surface area is 195 Å². The van der Waals surface area contributed by atoms with Crippen LogP contribution in [0, 0.1) is 0 Å². The van der Waals surface area contributed by atoms with E-state index in [1.165, 1.54) is 13.8 Å². The number of aliphatic hydroxyl groups excluding tert-OH is 2. The van der Waals surface area contributed by atoms with Crippen LogP contribution in [0.2, 0.25) is 0 Å². The van der Waals surface area contributed by atoms with Crippen molar-refractivity contribution < 1.29 is 39.3 Å². The molecule has 0 aliphatic rings. The zero-order valence-electron chi connectivity index (χ0n) is 18.8. The van der Waals surface area contributed by atoms with Crippen LogP contribution in [0.3, 0.4) is 0 Å². The second-order valence-corrected chi connectivity index (χ2v) is 7.81. The first-order chi connectivity index (χ1) is 15.8. The minimum Gasteiger partial charge on any atom is -0.480 e. The molecule has 4 amide bonds. The number of carbonyl (C=O) groups excluding carboxylic acids is 4. The summed E-state index contributed by atoms with van der Waals surface area (Å²) >= 11 is 0. The molecule has 0 bridgehead atoms. The Morgan fingerprint density at radius 3 is 1.88 bits per heavy atom. The maximum Gasteiger partial charge on any atom is 0.326 e. The van der Waals surface area contributed by atoms with Gasteiger partial charge in [-0.2, -0.15) is 0 Å². The zero-order chi connectivity index (χ0) is 26.0. The van der Waals surface area contributed by atoms with Crippen molar-refractivity contribution in [1.82, 2.24) is 16.0 Å². The van der Waals surface area contributed by atoms with Crippen LogP contribution < -0.4 is 27.4 Å². The van der Waals surface area contributed by atoms with Crippen molar-refractivity contribution in [2.24, 2.45) is 11.5 Å². The van der Waals surface area contributed by atoms with E-state index in [-0.39, 0.29) is 6.42 Å². The highest BCUT2D eigenvalue weighted by atomic mass is 16.4. The molecular weight excluding hydrogens is 450 g/mol. The quantitative estimate of drug-likeness (QED) is 0.141. The average molecular weight is 482 g/mol. The van der Waals surface area contributed by atoms with E-state index in [4.69, 9.17) is 11.5 Å². The summed E-state index contributed by atoms with van der Waals surface area (Å²) < 4.78 is 0. The van der Waals surface area contributed by atoms with Crippen molar-refractivity contribution in [2.45, 2.75) is 63.1 Å². The number of carbonyl (C=O) groups is 5. The van der Waals surface area contributed by atoms with Crippen LogP contribution in [0.4, 0.5) is 0 Å². The summed E-state index contributed by atoms with van der Waals surface area (Å²) in [7, 11) is 0. The first kappa shape index (κ1) is 28.5. The Kier molecular flexibility index (Phi) is 11.1. The van der Waals surface area contributed by atoms with Crippen LogP contribution in [0.1, 0.15) is 25.8 Å². The highest BCUT2D eigenvalue weighted by Crippen LogP contribution is 2.06. The first-order valence-electron chi connectivity index (χ1n) is 10.4. The number of nitrogens with two attached hydrogens (primary N) is 2. The van der Waals surface area contributed by atoms with E-state index in [2.05, 4.69) is 16.0 Å². The van der Waals surface area contributed by atoms with Crippen LogP contribution in [0.5, 0.6) is 0 Å². The summed E-state index contributed by atoms with van der Waals surface area (Å²) in [6, 6.07) is 2.57. The van der Waals surface area contributed by atoms with Crippen molar-refractivity contribution in [3.63, 3.8) is 0 Å². The molecule has 0 radical (unpaired) electrons. The molecule has 0 fully saturated rings. The molecular formula is C21H31N5O8. The van der Waals surface area contributed by atoms with E-state index in [0.717, 1.165) is 0 Å². The zero-order valence-corrected chi connectivity index (χ0v) is 18.8. The average Bonchev–Trinajstić information content (AvgIpc) is 2.75. The Balaban J connectivity index is 3.11. The van der Waals surface area contributed by atoms with E-state index in [1.807, 2.05) is 0 Å². The largest absolute Gasteiger partial charge is 0.480 e. The van der Waals surface area contributed by atoms with Gasteiger partial charge in [-0.3, -0.25) is 19.2 Å². The number of carboxylic acid groups (broad SMARTS) is 1. The van der Waals surface area contributed by atoms with Gasteiger partial charge in [0.2, 0.25) is 23.6 Å². The van der Waals surface area contributed by atoms with Gasteiger partial charge in [0, 0.05) is 6.42 Å². The molecule has 0 spiro atoms. The van der Waals surface area contributed by atoms with Gasteiger partial charge < -0.3 is 42.7 Å². The number of hydrogen-bond acceptors (Lipinski definition) is 8. The van der Waals surface area contributed by atoms with Crippen LogP contribution in [-0.4, -0.2) is 81.3 Å². The molecule has 34 heavy (non-hydrogen) atoms. The molecule has 1 rings (SSSR count). The van der Waals surface area contributed by atoms with Crippen LogP contribution in [-0.2, 0) is 30.4 Å². The maximum atomic E-state index is 12.9. The van der Waals surface area contributed by atoms with Gasteiger partial charge in [-0.15, -0.1) is 0 Å². The number of aliphatic hydroxyl groups is 2. The molecule has 13 nitrogen and oxygen atoms in total. The summed E-state index contributed by atoms with van der Waals surface area (Å²) in [6.07, 6.45) is -3.38. The van der Waals surface area contributed by atoms with E-state index in [0.29, 0.717) is 5.56 Å². The fraction of sp³-hybridized carbons (Fsp3) is 0.476. The van der Waals surface area contributed by atoms with Gasteiger partial charge in [-0.05, 0) is 19.4 Å². The predicted molar refractivity (Wildman–Crippen MR) is 119 cm³/mol. The van der Waals surface area contributed by atoms with Gasteiger partial charge in [0.1, 0.15) is 24.2 Å². The Hall–Kier alpha value is -3.55. The molecule has 188 valence electrons. The maximum absolute atomic E-state index is 12.9. The summed E-state index contributed by atoms with van der Waals surface area (Å²) in [4.78, 5) is 60.4. The topological polar surface area (TPSA) is 234 Å². The summed E-state index contributed by atoms with van der Waals surface area (Å²) in [5, 5.41) is 35.5. The molecule has 13 heteroatoms. The third-order valence-electron chi connectivity index (χ3n) is 4.82. The lowest BCUT2D eigenvalue weighted by molar-refractivity contribution is -0.144. The molecule has 6 atom stereocenters. The van der Waals surface area contributed by atoms with Crippen molar-refractivity contribution in [2.75, 3.05) is 0 Å². The molecule has 10 N–H and O–H groups in total. The van der Waals surface area contributed by atoms with Gasteiger partial charge in [0.15, 0.2) is 0 Å². The van der Waals surface area contributed by atoms with Crippen LogP contribution in [0.15, 0.2) is 30.3 Å². The number of amides is 4. The van der Waals surface area contributed by atoms with Gasteiger partial charge in [-0.1, -0.05) is 30.3 Å². The van der Waals surface area contributed by atoms with Gasteiger partial charge in [0.25, 0.3) is 0 Å². The normalized spacial score (nSPS) is 16.1. The Morgan fingerprint density at radius 1 is 0.853 bits per heavy atom. The lowest BCUT2D eigenvalue weighted by Crippen LogP contribution is -2.61. The fourth-order valence-corrected chi connectivity index (χ4v) is 2.87. The lowest BCUT2D eigenvalue weighted by atomic mass is 10.0. The van der Waals surface area contributed by atoms with Crippen molar-refractivity contribution in [3.05, 3.63) is 35.9 Å². The van der Waals surface area contributed by atoms with Gasteiger partial charge >= 0.3 is 5.97 Å². The van der Waals surface area contributed by atoms with Gasteiger partial charge in [0.05, 0.1) is 18.6 Å². The molecule has 0 heterocycles. The van der Waals surface area contributed by atoms with E-state index in [1.54, 1.807) is 30.3 Å². The Morgan fingerprint density at radius 2 is 1.41 bits per heavy atom. The lowest BCUT2D eigenvalue weighted by Gasteiger charge is -2.26. The predicted octanol–water partition coefficient (Wildman–Crippen LogP) is -3.27. The molecule has 0 aliphatic carbocycles. The number of primary amides is 1. The standard InChI is InChI=1S/C21H31N5O8/c1-10(27)16(23)19(31)26-17(11(2)28)20(32)24-13(8-12-6-4-3-5-7-12)18(30)25-14(21(33)34)9-15(22)29/h3-7,10-11,13-14,16-17,27-28H,8-9,23H2,1-2H3,(H2,22,29)(H,24,32)(H,25,30)(H,26,31)(H,33,34).